The zero-order valence-electron chi connectivity index (χ0n) is 14.2. The smallest absolute Gasteiger partial charge is 0.259 e. The monoisotopic (exact) mass is 357 g/mol. The van der Waals surface area contributed by atoms with Gasteiger partial charge in [-0.2, -0.15) is 0 Å². The fourth-order valence-corrected chi connectivity index (χ4v) is 2.56. The van der Waals surface area contributed by atoms with Crippen LogP contribution in [0, 0.1) is 0 Å². The molecule has 0 aliphatic carbocycles. The maximum Gasteiger partial charge on any atom is 0.259 e. The SMILES string of the molecule is O=C(Nc1cccc(-n2cnnn2)c1)c1ccccc1Oc1ccccc1. The third kappa shape index (κ3) is 3.82. The third-order valence-electron chi connectivity index (χ3n) is 3.82. The Hall–Kier alpha value is -4.00. The maximum absolute atomic E-state index is 12.8. The summed E-state index contributed by atoms with van der Waals surface area (Å²) in [5.74, 6) is 0.881. The van der Waals surface area contributed by atoms with E-state index in [1.165, 1.54) is 11.0 Å². The van der Waals surface area contributed by atoms with E-state index in [1.54, 1.807) is 30.3 Å². The molecule has 0 radical (unpaired) electrons. The summed E-state index contributed by atoms with van der Waals surface area (Å²) in [6.45, 7) is 0. The van der Waals surface area contributed by atoms with Crippen LogP contribution in [-0.4, -0.2) is 26.1 Å². The molecule has 0 saturated heterocycles. The summed E-state index contributed by atoms with van der Waals surface area (Å²) in [5.41, 5.74) is 1.81. The number of benzene rings is 3. The van der Waals surface area contributed by atoms with E-state index in [0.717, 1.165) is 5.69 Å². The number of tetrazole rings is 1. The summed E-state index contributed by atoms with van der Waals surface area (Å²) in [6.07, 6.45) is 1.49. The number of carbonyl (C=O) groups excluding carboxylic acids is 1. The summed E-state index contributed by atoms with van der Waals surface area (Å²) < 4.78 is 7.38. The van der Waals surface area contributed by atoms with Crippen molar-refractivity contribution in [2.45, 2.75) is 0 Å². The number of amides is 1. The number of nitrogens with zero attached hydrogens (tertiary/aromatic N) is 4. The van der Waals surface area contributed by atoms with Crippen molar-refractivity contribution in [3.05, 3.63) is 90.8 Å². The first-order valence-electron chi connectivity index (χ1n) is 8.26. The molecule has 7 heteroatoms. The predicted octanol–water partition coefficient (Wildman–Crippen LogP) is 3.71. The largest absolute Gasteiger partial charge is 0.457 e. The zero-order chi connectivity index (χ0) is 18.5. The van der Waals surface area contributed by atoms with Crippen molar-refractivity contribution in [2.75, 3.05) is 5.32 Å². The van der Waals surface area contributed by atoms with Gasteiger partial charge in [-0.25, -0.2) is 4.68 Å². The number of hydrogen-bond donors (Lipinski definition) is 1. The van der Waals surface area contributed by atoms with Gasteiger partial charge in [0.05, 0.1) is 11.3 Å². The van der Waals surface area contributed by atoms with E-state index >= 15 is 0 Å². The minimum absolute atomic E-state index is 0.268. The van der Waals surface area contributed by atoms with E-state index in [2.05, 4.69) is 20.8 Å². The maximum atomic E-state index is 12.8. The average molecular weight is 357 g/mol. The zero-order valence-corrected chi connectivity index (χ0v) is 14.2. The summed E-state index contributed by atoms with van der Waals surface area (Å²) in [6, 6.07) is 23.7. The Morgan fingerprint density at radius 3 is 2.56 bits per heavy atom. The molecule has 132 valence electrons. The minimum Gasteiger partial charge on any atom is -0.457 e. The van der Waals surface area contributed by atoms with Crippen LogP contribution < -0.4 is 10.1 Å². The Balaban J connectivity index is 1.56. The first-order valence-corrected chi connectivity index (χ1v) is 8.26. The van der Waals surface area contributed by atoms with Crippen LogP contribution in [0.4, 0.5) is 5.69 Å². The van der Waals surface area contributed by atoms with Gasteiger partial charge in [0.1, 0.15) is 17.8 Å². The summed E-state index contributed by atoms with van der Waals surface area (Å²) in [7, 11) is 0. The van der Waals surface area contributed by atoms with Crippen LogP contribution in [0.5, 0.6) is 11.5 Å². The molecule has 3 aromatic carbocycles. The fraction of sp³-hybridized carbons (Fsp3) is 0. The molecule has 0 atom stereocenters. The molecule has 1 heterocycles. The molecule has 0 aliphatic rings. The van der Waals surface area contributed by atoms with Gasteiger partial charge in [0, 0.05) is 5.69 Å². The highest BCUT2D eigenvalue weighted by Gasteiger charge is 2.13. The van der Waals surface area contributed by atoms with Crippen LogP contribution in [-0.2, 0) is 0 Å². The Morgan fingerprint density at radius 1 is 0.926 bits per heavy atom. The van der Waals surface area contributed by atoms with Gasteiger partial charge in [-0.15, -0.1) is 5.10 Å². The van der Waals surface area contributed by atoms with Crippen molar-refractivity contribution in [2.24, 2.45) is 0 Å². The molecule has 27 heavy (non-hydrogen) atoms. The van der Waals surface area contributed by atoms with Crippen LogP contribution in [0.3, 0.4) is 0 Å². The van der Waals surface area contributed by atoms with E-state index in [0.29, 0.717) is 22.7 Å². The van der Waals surface area contributed by atoms with Gasteiger partial charge >= 0.3 is 0 Å². The molecule has 1 aromatic heterocycles. The second-order valence-electron chi connectivity index (χ2n) is 5.67. The topological polar surface area (TPSA) is 81.9 Å². The van der Waals surface area contributed by atoms with Crippen LogP contribution in [0.2, 0.25) is 0 Å². The highest BCUT2D eigenvalue weighted by atomic mass is 16.5. The lowest BCUT2D eigenvalue weighted by Crippen LogP contribution is -2.13. The molecule has 4 aromatic rings. The summed E-state index contributed by atoms with van der Waals surface area (Å²) in [5, 5.41) is 14.0. The van der Waals surface area contributed by atoms with Gasteiger partial charge in [0.15, 0.2) is 0 Å². The third-order valence-corrected chi connectivity index (χ3v) is 3.82. The number of anilines is 1. The molecule has 1 amide bonds. The lowest BCUT2D eigenvalue weighted by Gasteiger charge is -2.12. The molecule has 7 nitrogen and oxygen atoms in total. The molecule has 0 aliphatic heterocycles. The molecule has 0 unspecified atom stereocenters. The Bertz CT molecular complexity index is 1050. The number of ether oxygens (including phenoxy) is 1. The molecule has 0 saturated carbocycles. The molecule has 1 N–H and O–H groups in total. The predicted molar refractivity (Wildman–Crippen MR) is 100 cm³/mol. The van der Waals surface area contributed by atoms with Crippen LogP contribution in [0.15, 0.2) is 85.2 Å². The van der Waals surface area contributed by atoms with Crippen molar-refractivity contribution >= 4 is 11.6 Å². The average Bonchev–Trinajstić information content (AvgIpc) is 3.24. The summed E-state index contributed by atoms with van der Waals surface area (Å²) in [4.78, 5) is 12.8. The number of hydrogen-bond acceptors (Lipinski definition) is 5. The van der Waals surface area contributed by atoms with Gasteiger partial charge in [-0.1, -0.05) is 36.4 Å². The molecular formula is C20H15N5O2. The molecular weight excluding hydrogens is 342 g/mol. The van der Waals surface area contributed by atoms with E-state index in [1.807, 2.05) is 48.5 Å². The highest BCUT2D eigenvalue weighted by molar-refractivity contribution is 6.06. The van der Waals surface area contributed by atoms with Gasteiger partial charge in [0.25, 0.3) is 5.91 Å². The van der Waals surface area contributed by atoms with E-state index in [4.69, 9.17) is 4.74 Å². The molecule has 4 rings (SSSR count). The number of para-hydroxylation sites is 2. The Morgan fingerprint density at radius 2 is 1.74 bits per heavy atom. The first-order chi connectivity index (χ1) is 13.3. The number of aromatic nitrogens is 4. The fourth-order valence-electron chi connectivity index (χ4n) is 2.56. The van der Waals surface area contributed by atoms with E-state index in [-0.39, 0.29) is 5.91 Å². The van der Waals surface area contributed by atoms with Crippen LogP contribution in [0.25, 0.3) is 5.69 Å². The lowest BCUT2D eigenvalue weighted by atomic mass is 10.1. The normalized spacial score (nSPS) is 10.4. The number of carbonyl (C=O) groups is 1. The van der Waals surface area contributed by atoms with Crippen molar-refractivity contribution in [1.82, 2.24) is 20.2 Å². The second-order valence-corrected chi connectivity index (χ2v) is 5.67. The molecule has 0 bridgehead atoms. The molecule has 0 fully saturated rings. The second kappa shape index (κ2) is 7.49. The Kier molecular flexibility index (Phi) is 4.57. The van der Waals surface area contributed by atoms with Crippen molar-refractivity contribution in [3.63, 3.8) is 0 Å². The van der Waals surface area contributed by atoms with Gasteiger partial charge in [-0.05, 0) is 52.9 Å². The quantitative estimate of drug-likeness (QED) is 0.589. The molecule has 0 spiro atoms. The number of nitrogens with one attached hydrogen (secondary N) is 1. The van der Waals surface area contributed by atoms with Crippen molar-refractivity contribution in [1.29, 1.82) is 0 Å². The van der Waals surface area contributed by atoms with E-state index < -0.39 is 0 Å². The van der Waals surface area contributed by atoms with Crippen molar-refractivity contribution in [3.8, 4) is 17.2 Å². The van der Waals surface area contributed by atoms with Gasteiger partial charge < -0.3 is 10.1 Å². The lowest BCUT2D eigenvalue weighted by molar-refractivity contribution is 0.102. The Labute approximate surface area is 155 Å². The van der Waals surface area contributed by atoms with Crippen molar-refractivity contribution < 1.29 is 9.53 Å². The first kappa shape index (κ1) is 16.5. The standard InChI is InChI=1S/C20H15N5O2/c26-20(22-15-7-6-8-16(13-15)25-14-21-23-24-25)18-11-4-5-12-19(18)27-17-9-2-1-3-10-17/h1-14H,(H,22,26). The highest BCUT2D eigenvalue weighted by Crippen LogP contribution is 2.26. The minimum atomic E-state index is -0.268. The summed E-state index contributed by atoms with van der Waals surface area (Å²) >= 11 is 0. The van der Waals surface area contributed by atoms with Crippen LogP contribution >= 0.6 is 0 Å². The van der Waals surface area contributed by atoms with Crippen LogP contribution in [0.1, 0.15) is 10.4 Å². The van der Waals surface area contributed by atoms with Gasteiger partial charge in [-0.3, -0.25) is 4.79 Å². The van der Waals surface area contributed by atoms with Gasteiger partial charge in [0.2, 0.25) is 0 Å². The number of rotatable bonds is 5. The van der Waals surface area contributed by atoms with E-state index in [9.17, 15) is 4.79 Å².